The molecule has 0 saturated carbocycles. The van der Waals surface area contributed by atoms with Crippen molar-refractivity contribution in [1.82, 2.24) is 0 Å². The number of nitrogens with zero attached hydrogens (tertiary/aromatic N) is 1. The Morgan fingerprint density at radius 3 is 2.56 bits per heavy atom. The van der Waals surface area contributed by atoms with Crippen molar-refractivity contribution in [2.45, 2.75) is 19.3 Å². The van der Waals surface area contributed by atoms with Gasteiger partial charge in [0.2, 0.25) is 5.91 Å². The maximum Gasteiger partial charge on any atom is 0.248 e. The summed E-state index contributed by atoms with van der Waals surface area (Å²) in [4.78, 5) is 14.8. The van der Waals surface area contributed by atoms with Crippen molar-refractivity contribution in [3.63, 3.8) is 0 Å². The third-order valence-electron chi connectivity index (χ3n) is 4.71. The molecular formula is C22H26N2O3. The van der Waals surface area contributed by atoms with Crippen molar-refractivity contribution in [1.29, 1.82) is 0 Å². The minimum atomic E-state index is -0.177. The molecule has 0 atom stereocenters. The van der Waals surface area contributed by atoms with Crippen molar-refractivity contribution in [2.75, 3.05) is 37.5 Å². The number of amides is 1. The summed E-state index contributed by atoms with van der Waals surface area (Å²) in [7, 11) is 3.22. The van der Waals surface area contributed by atoms with Gasteiger partial charge < -0.3 is 19.7 Å². The lowest BCUT2D eigenvalue weighted by molar-refractivity contribution is -0.111. The number of rotatable bonds is 6. The first-order chi connectivity index (χ1) is 13.2. The molecule has 142 valence electrons. The molecule has 2 aromatic rings. The highest BCUT2D eigenvalue weighted by atomic mass is 16.5. The molecule has 1 saturated heterocycles. The van der Waals surface area contributed by atoms with E-state index >= 15 is 0 Å². The Balaban J connectivity index is 1.74. The first-order valence-electron chi connectivity index (χ1n) is 9.26. The Hall–Kier alpha value is -2.95. The van der Waals surface area contributed by atoms with Gasteiger partial charge in [-0.15, -0.1) is 0 Å². The van der Waals surface area contributed by atoms with Gasteiger partial charge in [-0.1, -0.05) is 12.1 Å². The van der Waals surface area contributed by atoms with Gasteiger partial charge in [-0.3, -0.25) is 4.79 Å². The van der Waals surface area contributed by atoms with E-state index < -0.39 is 0 Å². The zero-order chi connectivity index (χ0) is 19.1. The van der Waals surface area contributed by atoms with E-state index in [4.69, 9.17) is 9.47 Å². The highest BCUT2D eigenvalue weighted by Crippen LogP contribution is 2.29. The molecule has 1 fully saturated rings. The van der Waals surface area contributed by atoms with Crippen molar-refractivity contribution >= 4 is 23.4 Å². The molecule has 0 aliphatic carbocycles. The molecule has 27 heavy (non-hydrogen) atoms. The second-order valence-corrected chi connectivity index (χ2v) is 6.50. The third-order valence-corrected chi connectivity index (χ3v) is 4.71. The van der Waals surface area contributed by atoms with Gasteiger partial charge in [0.25, 0.3) is 0 Å². The number of carbonyl (C=O) groups is 1. The van der Waals surface area contributed by atoms with Crippen LogP contribution in [0.5, 0.6) is 11.5 Å². The van der Waals surface area contributed by atoms with Crippen LogP contribution in [-0.2, 0) is 4.79 Å². The molecule has 3 rings (SSSR count). The zero-order valence-corrected chi connectivity index (χ0v) is 15.9. The molecule has 2 aromatic carbocycles. The van der Waals surface area contributed by atoms with Crippen LogP contribution in [-0.4, -0.2) is 33.2 Å². The smallest absolute Gasteiger partial charge is 0.248 e. The fraction of sp³-hybridized carbons (Fsp3) is 0.318. The van der Waals surface area contributed by atoms with Crippen LogP contribution >= 0.6 is 0 Å². The molecule has 5 heteroatoms. The van der Waals surface area contributed by atoms with Crippen LogP contribution in [0.1, 0.15) is 24.8 Å². The zero-order valence-electron chi connectivity index (χ0n) is 15.9. The van der Waals surface area contributed by atoms with Gasteiger partial charge >= 0.3 is 0 Å². The molecule has 0 aromatic heterocycles. The van der Waals surface area contributed by atoms with Crippen molar-refractivity contribution in [2.24, 2.45) is 0 Å². The van der Waals surface area contributed by atoms with E-state index in [2.05, 4.69) is 16.3 Å². The maximum atomic E-state index is 12.5. The Labute approximate surface area is 160 Å². The second kappa shape index (κ2) is 9.12. The molecule has 1 aliphatic heterocycles. The van der Waals surface area contributed by atoms with Gasteiger partial charge in [0.1, 0.15) is 11.5 Å². The first kappa shape index (κ1) is 18.8. The summed E-state index contributed by atoms with van der Waals surface area (Å²) in [5, 5.41) is 3.00. The summed E-state index contributed by atoms with van der Waals surface area (Å²) in [5.74, 6) is 1.23. The molecule has 1 aliphatic rings. The van der Waals surface area contributed by atoms with E-state index in [0.717, 1.165) is 30.0 Å². The topological polar surface area (TPSA) is 50.8 Å². The van der Waals surface area contributed by atoms with Gasteiger partial charge in [-0.05, 0) is 55.7 Å². The normalized spacial score (nSPS) is 14.2. The van der Waals surface area contributed by atoms with Crippen LogP contribution in [0.4, 0.5) is 11.4 Å². The summed E-state index contributed by atoms with van der Waals surface area (Å²) >= 11 is 0. The van der Waals surface area contributed by atoms with Crippen LogP contribution in [0.2, 0.25) is 0 Å². The standard InChI is InChI=1S/C22H26N2O3/c1-26-18-11-12-21(27-2)17(16-18)10-13-22(25)23-19-8-4-5-9-20(19)24-14-6-3-7-15-24/h4-5,8-13,16H,3,6-7,14-15H2,1-2H3,(H,23,25)/b13-10+. The lowest BCUT2D eigenvalue weighted by Crippen LogP contribution is -2.30. The van der Waals surface area contributed by atoms with Gasteiger partial charge in [-0.25, -0.2) is 0 Å². The Morgan fingerprint density at radius 2 is 1.81 bits per heavy atom. The number of ether oxygens (including phenoxy) is 2. The van der Waals surface area contributed by atoms with E-state index in [1.54, 1.807) is 20.3 Å². The summed E-state index contributed by atoms with van der Waals surface area (Å²) in [6.45, 7) is 2.06. The van der Waals surface area contributed by atoms with Crippen molar-refractivity contribution in [3.8, 4) is 11.5 Å². The number of hydrogen-bond donors (Lipinski definition) is 1. The molecule has 0 bridgehead atoms. The fourth-order valence-corrected chi connectivity index (χ4v) is 3.30. The van der Waals surface area contributed by atoms with Crippen molar-refractivity contribution < 1.29 is 14.3 Å². The SMILES string of the molecule is COc1ccc(OC)c(/C=C/C(=O)Nc2ccccc2N2CCCCC2)c1. The fourth-order valence-electron chi connectivity index (χ4n) is 3.30. The minimum absolute atomic E-state index is 0.177. The average Bonchev–Trinajstić information content (AvgIpc) is 2.73. The summed E-state index contributed by atoms with van der Waals surface area (Å²) in [6, 6.07) is 13.4. The van der Waals surface area contributed by atoms with Crippen molar-refractivity contribution in [3.05, 3.63) is 54.1 Å². The van der Waals surface area contributed by atoms with Gasteiger partial charge in [-0.2, -0.15) is 0 Å². The molecule has 0 radical (unpaired) electrons. The van der Waals surface area contributed by atoms with E-state index in [1.807, 2.05) is 36.4 Å². The number of benzene rings is 2. The monoisotopic (exact) mass is 366 g/mol. The average molecular weight is 366 g/mol. The molecule has 0 unspecified atom stereocenters. The van der Waals surface area contributed by atoms with E-state index in [9.17, 15) is 4.79 Å². The molecule has 1 N–H and O–H groups in total. The third kappa shape index (κ3) is 4.82. The van der Waals surface area contributed by atoms with Crippen LogP contribution in [0.25, 0.3) is 6.08 Å². The van der Waals surface area contributed by atoms with Crippen LogP contribution in [0, 0.1) is 0 Å². The summed E-state index contributed by atoms with van der Waals surface area (Å²) < 4.78 is 10.6. The predicted octanol–water partition coefficient (Wildman–Crippen LogP) is 4.35. The van der Waals surface area contributed by atoms with Crippen LogP contribution < -0.4 is 19.7 Å². The molecule has 1 heterocycles. The summed E-state index contributed by atoms with van der Waals surface area (Å²) in [5.41, 5.74) is 2.71. The van der Waals surface area contributed by atoms with Gasteiger partial charge in [0.15, 0.2) is 0 Å². The number of piperidine rings is 1. The number of methoxy groups -OCH3 is 2. The van der Waals surface area contributed by atoms with Gasteiger partial charge in [0.05, 0.1) is 25.6 Å². The first-order valence-corrected chi connectivity index (χ1v) is 9.26. The summed E-state index contributed by atoms with van der Waals surface area (Å²) in [6.07, 6.45) is 6.91. The predicted molar refractivity (Wildman–Crippen MR) is 110 cm³/mol. The highest BCUT2D eigenvalue weighted by molar-refractivity contribution is 6.04. The highest BCUT2D eigenvalue weighted by Gasteiger charge is 2.14. The molecule has 0 spiro atoms. The second-order valence-electron chi connectivity index (χ2n) is 6.50. The molecule has 5 nitrogen and oxygen atoms in total. The van der Waals surface area contributed by atoms with E-state index in [0.29, 0.717) is 11.5 Å². The number of para-hydroxylation sites is 2. The van der Waals surface area contributed by atoms with Crippen LogP contribution in [0.3, 0.4) is 0 Å². The minimum Gasteiger partial charge on any atom is -0.497 e. The largest absolute Gasteiger partial charge is 0.497 e. The lowest BCUT2D eigenvalue weighted by atomic mass is 10.1. The molecule has 1 amide bonds. The number of hydrogen-bond acceptors (Lipinski definition) is 4. The van der Waals surface area contributed by atoms with Crippen LogP contribution in [0.15, 0.2) is 48.5 Å². The van der Waals surface area contributed by atoms with E-state index in [1.165, 1.54) is 25.3 Å². The maximum absolute atomic E-state index is 12.5. The number of carbonyl (C=O) groups excluding carboxylic acids is 1. The molecular weight excluding hydrogens is 340 g/mol. The Kier molecular flexibility index (Phi) is 6.36. The Bertz CT molecular complexity index is 811. The number of nitrogens with one attached hydrogen (secondary N) is 1. The lowest BCUT2D eigenvalue weighted by Gasteiger charge is -2.30. The number of anilines is 2. The van der Waals surface area contributed by atoms with E-state index in [-0.39, 0.29) is 5.91 Å². The quantitative estimate of drug-likeness (QED) is 0.773. The Morgan fingerprint density at radius 1 is 1.04 bits per heavy atom. The van der Waals surface area contributed by atoms with Gasteiger partial charge in [0, 0.05) is 24.7 Å².